The van der Waals surface area contributed by atoms with E-state index in [4.69, 9.17) is 0 Å². The lowest BCUT2D eigenvalue weighted by atomic mass is 9.73. The molecular weight excluding hydrogens is 690 g/mol. The van der Waals surface area contributed by atoms with Crippen molar-refractivity contribution in [3.63, 3.8) is 0 Å². The van der Waals surface area contributed by atoms with Crippen molar-refractivity contribution in [3.05, 3.63) is 88.5 Å². The highest BCUT2D eigenvalue weighted by Crippen LogP contribution is 2.40. The first kappa shape index (κ1) is 43.2. The summed E-state index contributed by atoms with van der Waals surface area (Å²) in [6, 6.07) is 13.8. The molecule has 0 aromatic heterocycles. The van der Waals surface area contributed by atoms with Gasteiger partial charge in [-0.2, -0.15) is 0 Å². The van der Waals surface area contributed by atoms with Crippen LogP contribution >= 0.6 is 0 Å². The number of benzene rings is 2. The number of rotatable bonds is 16. The number of aliphatic hydroxyl groups excluding tert-OH is 6. The van der Waals surface area contributed by atoms with Crippen molar-refractivity contribution in [2.24, 2.45) is 5.92 Å². The van der Waals surface area contributed by atoms with Crippen LogP contribution in [0.15, 0.2) is 71.8 Å². The van der Waals surface area contributed by atoms with Gasteiger partial charge < -0.3 is 51.3 Å². The predicted molar refractivity (Wildman–Crippen MR) is 206 cm³/mol. The van der Waals surface area contributed by atoms with Crippen molar-refractivity contribution in [1.82, 2.24) is 5.32 Å². The summed E-state index contributed by atoms with van der Waals surface area (Å²) in [5, 5.41) is 100. The fraction of sp³-hybridized carbons (Fsp3) is 0.558. The average Bonchev–Trinajstić information content (AvgIpc) is 3.15. The molecule has 1 heterocycles. The molecule has 2 aromatic carbocycles. The highest BCUT2D eigenvalue weighted by Gasteiger charge is 2.39. The summed E-state index contributed by atoms with van der Waals surface area (Å²) in [6.45, 7) is 3.12. The smallest absolute Gasteiger partial charge is 0.303 e. The van der Waals surface area contributed by atoms with Crippen LogP contribution in [0.2, 0.25) is 0 Å². The van der Waals surface area contributed by atoms with Gasteiger partial charge in [0.05, 0.1) is 48.6 Å². The minimum atomic E-state index is -1.49. The second-order valence-corrected chi connectivity index (χ2v) is 15.2. The van der Waals surface area contributed by atoms with E-state index in [1.165, 1.54) is 0 Å². The topological polar surface area (TPSA) is 211 Å². The van der Waals surface area contributed by atoms with Crippen molar-refractivity contribution < 1.29 is 50.8 Å². The second-order valence-electron chi connectivity index (χ2n) is 15.2. The Morgan fingerprint density at radius 3 is 2.39 bits per heavy atom. The van der Waals surface area contributed by atoms with Crippen LogP contribution in [0.25, 0.3) is 0 Å². The summed E-state index contributed by atoms with van der Waals surface area (Å²) in [7, 11) is 0. The molecule has 10 atom stereocenters. The quantitative estimate of drug-likeness (QED) is 0.112. The van der Waals surface area contributed by atoms with Gasteiger partial charge in [0.2, 0.25) is 0 Å². The Hall–Kier alpha value is -3.57. The number of fused-ring (bicyclic) bond motifs is 5. The van der Waals surface area contributed by atoms with Crippen molar-refractivity contribution >= 4 is 5.97 Å². The molecule has 0 spiro atoms. The van der Waals surface area contributed by atoms with E-state index < -0.39 is 72.5 Å². The molecule has 2 aromatic rings. The normalized spacial score (nSPS) is 27.6. The van der Waals surface area contributed by atoms with Crippen molar-refractivity contribution in [3.8, 4) is 17.6 Å². The molecule has 0 saturated carbocycles. The van der Waals surface area contributed by atoms with Gasteiger partial charge in [-0.25, -0.2) is 0 Å². The van der Waals surface area contributed by atoms with Crippen LogP contribution in [0.3, 0.4) is 0 Å². The van der Waals surface area contributed by atoms with Gasteiger partial charge in [0.15, 0.2) is 0 Å². The van der Waals surface area contributed by atoms with Crippen LogP contribution in [0.1, 0.15) is 100 Å². The number of β-amino-alcohol motifs (C(OH)–C–C–N with tert-alkyl or cyclic N) is 1. The van der Waals surface area contributed by atoms with Crippen LogP contribution in [0, 0.1) is 17.8 Å². The number of hydrogen-bond acceptors (Lipinski definition) is 10. The number of aliphatic hydroxyl groups is 7. The number of allylic oxidation sites excluding steroid dienone is 2. The number of carboxylic acid groups (broad SMARTS) is 1. The molecule has 296 valence electrons. The first-order valence-electron chi connectivity index (χ1n) is 19.2. The number of carbonyl (C=O) groups is 1. The largest absolute Gasteiger partial charge is 0.508 e. The zero-order valence-corrected chi connectivity index (χ0v) is 31.4. The summed E-state index contributed by atoms with van der Waals surface area (Å²) in [5.41, 5.74) is 2.57. The molecule has 1 aliphatic heterocycles. The maximum atomic E-state index is 12.2. The Labute approximate surface area is 318 Å². The Morgan fingerprint density at radius 2 is 1.70 bits per heavy atom. The third-order valence-corrected chi connectivity index (χ3v) is 10.9. The molecule has 2 aliphatic rings. The molecule has 0 unspecified atom stereocenters. The molecule has 2 bridgehead atoms. The SMILES string of the molecule is CCCC[C@H](O)[C@H](O)/C=C/C1=C(\C[C@H](O)CO)[C@H]2NC[C@@](C)(O)[C@H](c3ccc(O)cc3)C#C[C@H](C[C@@H]2C[C@H](O)[C@H](O)CCC(=O)O)c2ccccc2CC1. The lowest BCUT2D eigenvalue weighted by Gasteiger charge is -2.40. The summed E-state index contributed by atoms with van der Waals surface area (Å²) >= 11 is 0. The number of phenolic OH excluding ortho intramolecular Hbond substituents is 1. The van der Waals surface area contributed by atoms with Crippen LogP contribution in [-0.4, -0.2) is 107 Å². The van der Waals surface area contributed by atoms with E-state index in [9.17, 15) is 50.8 Å². The van der Waals surface area contributed by atoms with E-state index in [1.807, 2.05) is 31.2 Å². The van der Waals surface area contributed by atoms with Gasteiger partial charge in [-0.05, 0) is 97.8 Å². The van der Waals surface area contributed by atoms with Gasteiger partial charge in [-0.3, -0.25) is 4.79 Å². The molecule has 0 fully saturated rings. The van der Waals surface area contributed by atoms with Gasteiger partial charge >= 0.3 is 5.97 Å². The molecular formula is C43H59NO10. The number of aryl methyl sites for hydroxylation is 1. The summed E-state index contributed by atoms with van der Waals surface area (Å²) in [6.07, 6.45) is 0.222. The molecule has 0 radical (unpaired) electrons. The maximum Gasteiger partial charge on any atom is 0.303 e. The molecule has 11 heteroatoms. The fourth-order valence-corrected chi connectivity index (χ4v) is 7.73. The van der Waals surface area contributed by atoms with E-state index >= 15 is 0 Å². The van der Waals surface area contributed by atoms with Gasteiger partial charge in [-0.15, -0.1) is 0 Å². The fourth-order valence-electron chi connectivity index (χ4n) is 7.73. The summed E-state index contributed by atoms with van der Waals surface area (Å²) < 4.78 is 0. The van der Waals surface area contributed by atoms with E-state index in [1.54, 1.807) is 43.3 Å². The number of phenols is 1. The number of hydrogen-bond donors (Lipinski definition) is 10. The molecule has 1 aliphatic carbocycles. The van der Waals surface area contributed by atoms with E-state index in [0.29, 0.717) is 36.8 Å². The second kappa shape index (κ2) is 20.4. The number of carboxylic acids is 1. The summed E-state index contributed by atoms with van der Waals surface area (Å²) in [4.78, 5) is 11.3. The van der Waals surface area contributed by atoms with Gasteiger partial charge in [-0.1, -0.05) is 80.2 Å². The molecule has 54 heavy (non-hydrogen) atoms. The molecule has 4 rings (SSSR count). The van der Waals surface area contributed by atoms with Crippen molar-refractivity contribution in [2.75, 3.05) is 13.2 Å². The lowest BCUT2D eigenvalue weighted by Crippen LogP contribution is -2.51. The highest BCUT2D eigenvalue weighted by atomic mass is 16.4. The third-order valence-electron chi connectivity index (χ3n) is 10.9. The first-order valence-corrected chi connectivity index (χ1v) is 19.2. The standard InChI is InChI=1S/C43H59NO10/c1-3-4-9-37(48)38(49)19-15-28-11-10-27-7-5-6-8-34(27)30-14-18-36(29-12-16-32(46)17-13-29)43(2,54)26-44-42(35(28)24-33(47)25-45)31(22-30)23-40(51)39(50)20-21-41(52)53/h5-8,12-13,15-17,19,30-31,33,36-40,42,44-51,54H,3-4,9-11,20-26H2,1-2H3,(H,52,53)/b19-15+,35-28+/t30-,31-,33+,36+,37+,38-,39-,40+,42+,43-/m1/s1. The molecule has 10 N–H and O–H groups in total. The Bertz CT molecular complexity index is 1630. The van der Waals surface area contributed by atoms with Crippen molar-refractivity contribution in [2.45, 2.75) is 132 Å². The van der Waals surface area contributed by atoms with Crippen LogP contribution in [0.5, 0.6) is 5.75 Å². The summed E-state index contributed by atoms with van der Waals surface area (Å²) in [5.74, 6) is 4.22. The van der Waals surface area contributed by atoms with Crippen LogP contribution in [0.4, 0.5) is 0 Å². The molecule has 11 nitrogen and oxygen atoms in total. The highest BCUT2D eigenvalue weighted by molar-refractivity contribution is 5.66. The van der Waals surface area contributed by atoms with Gasteiger partial charge in [0.1, 0.15) is 5.75 Å². The third kappa shape index (κ3) is 12.0. The number of aromatic hydroxyl groups is 1. The van der Waals surface area contributed by atoms with E-state index in [2.05, 4.69) is 17.2 Å². The monoisotopic (exact) mass is 749 g/mol. The van der Waals surface area contributed by atoms with E-state index in [0.717, 1.165) is 29.5 Å². The van der Waals surface area contributed by atoms with Gasteiger partial charge in [0, 0.05) is 24.9 Å². The minimum Gasteiger partial charge on any atom is -0.508 e. The Morgan fingerprint density at radius 1 is 0.981 bits per heavy atom. The molecule has 0 amide bonds. The van der Waals surface area contributed by atoms with E-state index in [-0.39, 0.29) is 38.0 Å². The number of unbranched alkanes of at least 4 members (excludes halogenated alkanes) is 1. The number of aliphatic carboxylic acids is 1. The zero-order valence-electron chi connectivity index (χ0n) is 31.4. The average molecular weight is 750 g/mol. The Balaban J connectivity index is 1.96. The first-order chi connectivity index (χ1) is 25.7. The van der Waals surface area contributed by atoms with Crippen molar-refractivity contribution in [1.29, 1.82) is 0 Å². The number of nitrogens with one attached hydrogen (secondary N) is 1. The van der Waals surface area contributed by atoms with Crippen LogP contribution < -0.4 is 5.32 Å². The predicted octanol–water partition coefficient (Wildman–Crippen LogP) is 3.42. The zero-order chi connectivity index (χ0) is 39.4. The molecule has 0 saturated heterocycles. The Kier molecular flexibility index (Phi) is 16.3. The maximum absolute atomic E-state index is 12.2. The van der Waals surface area contributed by atoms with Crippen LogP contribution in [-0.2, 0) is 11.2 Å². The van der Waals surface area contributed by atoms with Gasteiger partial charge in [0.25, 0.3) is 0 Å². The minimum absolute atomic E-state index is 0.00197. The lowest BCUT2D eigenvalue weighted by molar-refractivity contribution is -0.138.